The van der Waals surface area contributed by atoms with Crippen LogP contribution in [0.5, 0.6) is 0 Å². The predicted molar refractivity (Wildman–Crippen MR) is 77.0 cm³/mol. The summed E-state index contributed by atoms with van der Waals surface area (Å²) in [6.07, 6.45) is 2.20. The summed E-state index contributed by atoms with van der Waals surface area (Å²) in [6, 6.07) is 1.60. The second kappa shape index (κ2) is 6.09. The van der Waals surface area contributed by atoms with Crippen LogP contribution < -0.4 is 5.32 Å². The van der Waals surface area contributed by atoms with Gasteiger partial charge in [0.15, 0.2) is 0 Å². The third-order valence-corrected chi connectivity index (χ3v) is 3.60. The van der Waals surface area contributed by atoms with Crippen molar-refractivity contribution in [2.75, 3.05) is 39.0 Å². The lowest BCUT2D eigenvalue weighted by Gasteiger charge is -2.20. The fourth-order valence-corrected chi connectivity index (χ4v) is 2.25. The smallest absolute Gasteiger partial charge is 0.256 e. The molecule has 1 saturated heterocycles. The van der Waals surface area contributed by atoms with Crippen molar-refractivity contribution in [1.82, 2.24) is 14.8 Å². The van der Waals surface area contributed by atoms with Gasteiger partial charge in [-0.1, -0.05) is 11.6 Å². The van der Waals surface area contributed by atoms with Crippen LogP contribution in [0.2, 0.25) is 5.02 Å². The molecule has 0 radical (unpaired) electrons. The number of aromatic nitrogens is 1. The number of anilines is 1. The number of likely N-dealkylation sites (N-methyl/N-ethyl adjacent to an activating group) is 1. The molecule has 1 aliphatic heterocycles. The zero-order chi connectivity index (χ0) is 14.7. The average Bonchev–Trinajstić information content (AvgIpc) is 2.61. The van der Waals surface area contributed by atoms with E-state index >= 15 is 0 Å². The molecule has 1 aromatic rings. The van der Waals surface area contributed by atoms with Crippen LogP contribution in [0.1, 0.15) is 16.8 Å². The topological polar surface area (TPSA) is 65.5 Å². The summed E-state index contributed by atoms with van der Waals surface area (Å²) in [5, 5.41) is 3.16. The highest BCUT2D eigenvalue weighted by atomic mass is 35.5. The van der Waals surface area contributed by atoms with E-state index in [9.17, 15) is 9.59 Å². The van der Waals surface area contributed by atoms with Gasteiger partial charge >= 0.3 is 0 Å². The molecule has 1 N–H and O–H groups in total. The fraction of sp³-hybridized carbons (Fsp3) is 0.462. The molecule has 2 rings (SSSR count). The SMILES string of the molecule is CNc1cc(C(=O)N2CCCN(C)C(=O)C2)c(Cl)cn1. The minimum absolute atomic E-state index is 0.0603. The average molecular weight is 297 g/mol. The van der Waals surface area contributed by atoms with E-state index in [1.54, 1.807) is 25.1 Å². The summed E-state index contributed by atoms with van der Waals surface area (Å²) in [4.78, 5) is 31.6. The Morgan fingerprint density at radius 3 is 2.90 bits per heavy atom. The van der Waals surface area contributed by atoms with Gasteiger partial charge in [0.25, 0.3) is 5.91 Å². The molecule has 108 valence electrons. The number of nitrogens with one attached hydrogen (secondary N) is 1. The van der Waals surface area contributed by atoms with Crippen LogP contribution in [0.25, 0.3) is 0 Å². The first-order chi connectivity index (χ1) is 9.52. The Morgan fingerprint density at radius 1 is 1.45 bits per heavy atom. The van der Waals surface area contributed by atoms with Gasteiger partial charge in [-0.2, -0.15) is 0 Å². The third-order valence-electron chi connectivity index (χ3n) is 3.30. The Balaban J connectivity index is 2.24. The highest BCUT2D eigenvalue weighted by Gasteiger charge is 2.25. The molecule has 1 aromatic heterocycles. The Labute approximate surface area is 122 Å². The third kappa shape index (κ3) is 3.01. The molecule has 0 bridgehead atoms. The maximum Gasteiger partial charge on any atom is 0.256 e. The Hall–Kier alpha value is -1.82. The first kappa shape index (κ1) is 14.6. The fourth-order valence-electron chi connectivity index (χ4n) is 2.07. The van der Waals surface area contributed by atoms with Gasteiger partial charge in [-0.15, -0.1) is 0 Å². The van der Waals surface area contributed by atoms with Crippen LogP contribution in [-0.4, -0.2) is 60.3 Å². The van der Waals surface area contributed by atoms with Crippen molar-refractivity contribution < 1.29 is 9.59 Å². The molecule has 0 aliphatic carbocycles. The first-order valence-corrected chi connectivity index (χ1v) is 6.77. The van der Waals surface area contributed by atoms with Gasteiger partial charge in [0.1, 0.15) is 12.4 Å². The van der Waals surface area contributed by atoms with E-state index in [0.717, 1.165) is 6.42 Å². The number of nitrogens with zero attached hydrogens (tertiary/aromatic N) is 3. The van der Waals surface area contributed by atoms with E-state index in [2.05, 4.69) is 10.3 Å². The summed E-state index contributed by atoms with van der Waals surface area (Å²) < 4.78 is 0. The second-order valence-electron chi connectivity index (χ2n) is 4.69. The van der Waals surface area contributed by atoms with E-state index in [1.807, 2.05) is 0 Å². The zero-order valence-corrected chi connectivity index (χ0v) is 12.3. The van der Waals surface area contributed by atoms with Gasteiger partial charge in [-0.05, 0) is 12.5 Å². The van der Waals surface area contributed by atoms with Crippen molar-refractivity contribution in [3.05, 3.63) is 22.8 Å². The molecular formula is C13H17ClN4O2. The van der Waals surface area contributed by atoms with Crippen LogP contribution in [0, 0.1) is 0 Å². The molecule has 2 amide bonds. The molecule has 0 spiro atoms. The first-order valence-electron chi connectivity index (χ1n) is 6.39. The highest BCUT2D eigenvalue weighted by Crippen LogP contribution is 2.20. The van der Waals surface area contributed by atoms with E-state index in [1.165, 1.54) is 11.1 Å². The number of hydrogen-bond acceptors (Lipinski definition) is 4. The summed E-state index contributed by atoms with van der Waals surface area (Å²) >= 11 is 6.04. The largest absolute Gasteiger partial charge is 0.373 e. The predicted octanol–water partition coefficient (Wildman–Crippen LogP) is 1.08. The van der Waals surface area contributed by atoms with Crippen molar-refractivity contribution in [3.8, 4) is 0 Å². The maximum absolute atomic E-state index is 12.5. The lowest BCUT2D eigenvalue weighted by Crippen LogP contribution is -2.38. The van der Waals surface area contributed by atoms with Crippen LogP contribution >= 0.6 is 11.6 Å². The lowest BCUT2D eigenvalue weighted by molar-refractivity contribution is -0.129. The quantitative estimate of drug-likeness (QED) is 0.887. The number of halogens is 1. The summed E-state index contributed by atoms with van der Waals surface area (Å²) in [5.41, 5.74) is 0.364. The maximum atomic E-state index is 12.5. The highest BCUT2D eigenvalue weighted by molar-refractivity contribution is 6.33. The second-order valence-corrected chi connectivity index (χ2v) is 5.10. The molecule has 7 heteroatoms. The van der Waals surface area contributed by atoms with Crippen molar-refractivity contribution in [1.29, 1.82) is 0 Å². The standard InChI is InChI=1S/C13H17ClN4O2/c1-15-11-6-9(10(14)7-16-11)13(20)18-5-3-4-17(2)12(19)8-18/h6-7H,3-5,8H2,1-2H3,(H,15,16). The minimum Gasteiger partial charge on any atom is -0.373 e. The van der Waals surface area contributed by atoms with E-state index in [0.29, 0.717) is 29.5 Å². The zero-order valence-electron chi connectivity index (χ0n) is 11.5. The summed E-state index contributed by atoms with van der Waals surface area (Å²) in [5.74, 6) is 0.267. The number of hydrogen-bond donors (Lipinski definition) is 1. The number of pyridine rings is 1. The van der Waals surface area contributed by atoms with E-state index < -0.39 is 0 Å². The lowest BCUT2D eigenvalue weighted by atomic mass is 10.2. The molecular weight excluding hydrogens is 280 g/mol. The van der Waals surface area contributed by atoms with Crippen LogP contribution in [0.15, 0.2) is 12.3 Å². The van der Waals surface area contributed by atoms with Crippen molar-refractivity contribution in [2.45, 2.75) is 6.42 Å². The Morgan fingerprint density at radius 2 is 2.20 bits per heavy atom. The molecule has 0 atom stereocenters. The molecule has 2 heterocycles. The Bertz CT molecular complexity index is 535. The van der Waals surface area contributed by atoms with Crippen molar-refractivity contribution in [2.24, 2.45) is 0 Å². The van der Waals surface area contributed by atoms with Gasteiger partial charge in [-0.25, -0.2) is 4.98 Å². The summed E-state index contributed by atoms with van der Waals surface area (Å²) in [7, 11) is 3.46. The van der Waals surface area contributed by atoms with Gasteiger partial charge in [-0.3, -0.25) is 9.59 Å². The Kier molecular flexibility index (Phi) is 4.44. The molecule has 0 saturated carbocycles. The monoisotopic (exact) mass is 296 g/mol. The molecule has 6 nitrogen and oxygen atoms in total. The number of amides is 2. The van der Waals surface area contributed by atoms with Crippen LogP contribution in [0.3, 0.4) is 0 Å². The van der Waals surface area contributed by atoms with Crippen molar-refractivity contribution >= 4 is 29.2 Å². The summed E-state index contributed by atoms with van der Waals surface area (Å²) in [6.45, 7) is 1.29. The van der Waals surface area contributed by atoms with E-state index in [4.69, 9.17) is 11.6 Å². The van der Waals surface area contributed by atoms with Gasteiger partial charge in [0.2, 0.25) is 5.91 Å². The van der Waals surface area contributed by atoms with Gasteiger partial charge in [0.05, 0.1) is 10.6 Å². The molecule has 1 aliphatic rings. The van der Waals surface area contributed by atoms with Crippen molar-refractivity contribution in [3.63, 3.8) is 0 Å². The molecule has 0 unspecified atom stereocenters. The van der Waals surface area contributed by atoms with Crippen LogP contribution in [-0.2, 0) is 4.79 Å². The normalized spacial score (nSPS) is 16.1. The van der Waals surface area contributed by atoms with Crippen LogP contribution in [0.4, 0.5) is 5.82 Å². The van der Waals surface area contributed by atoms with Gasteiger partial charge < -0.3 is 15.1 Å². The number of rotatable bonds is 2. The van der Waals surface area contributed by atoms with Gasteiger partial charge in [0, 0.05) is 33.4 Å². The number of carbonyl (C=O) groups excluding carboxylic acids is 2. The molecule has 1 fully saturated rings. The molecule has 20 heavy (non-hydrogen) atoms. The minimum atomic E-state index is -0.238. The van der Waals surface area contributed by atoms with E-state index in [-0.39, 0.29) is 18.4 Å². The molecule has 0 aromatic carbocycles. The number of carbonyl (C=O) groups is 2.